The Balaban J connectivity index is -0.000000121. The third-order valence-electron chi connectivity index (χ3n) is 12.1. The highest BCUT2D eigenvalue weighted by atomic mass is 16.2. The lowest BCUT2D eigenvalue weighted by molar-refractivity contribution is -0.133. The van der Waals surface area contributed by atoms with E-state index < -0.39 is 5.41 Å². The van der Waals surface area contributed by atoms with Crippen molar-refractivity contribution in [2.24, 2.45) is 43.8 Å². The molecule has 0 aliphatic heterocycles. The third kappa shape index (κ3) is 110. The summed E-state index contributed by atoms with van der Waals surface area (Å²) in [4.78, 5) is 126. The summed E-state index contributed by atoms with van der Waals surface area (Å²) in [5.41, 5.74) is 2.93. The van der Waals surface area contributed by atoms with Gasteiger partial charge in [-0.15, -0.1) is 0 Å². The van der Waals surface area contributed by atoms with E-state index in [9.17, 15) is 52.7 Å². The Morgan fingerprint density at radius 2 is 0.821 bits per heavy atom. The van der Waals surface area contributed by atoms with Gasteiger partial charge in [0.25, 0.3) is 0 Å². The first-order valence-corrected chi connectivity index (χ1v) is 36.6. The number of nitrogens with zero attached hydrogens (tertiary/aromatic N) is 3. The van der Waals surface area contributed by atoms with Crippen LogP contribution in [0.25, 0.3) is 0 Å². The fourth-order valence-corrected chi connectivity index (χ4v) is 6.74. The van der Waals surface area contributed by atoms with Crippen LogP contribution in [0.1, 0.15) is 274 Å². The number of carbonyl (C=O) groups excluding carboxylic acids is 11. The van der Waals surface area contributed by atoms with Crippen molar-refractivity contribution >= 4 is 64.2 Å². The van der Waals surface area contributed by atoms with Crippen molar-refractivity contribution < 1.29 is 52.7 Å². The van der Waals surface area contributed by atoms with Gasteiger partial charge < -0.3 is 30.7 Å². The number of hydrogen-bond donors (Lipinski definition) is 3. The molecule has 0 rings (SSSR count). The van der Waals surface area contributed by atoms with Crippen molar-refractivity contribution in [3.8, 4) is 0 Å². The molecule has 0 aliphatic rings. The van der Waals surface area contributed by atoms with Gasteiger partial charge in [-0.2, -0.15) is 0 Å². The monoisotopic (exact) mass is 1490 g/mol. The first kappa shape index (κ1) is 120. The fraction of sp³-hybridized carbons (Fsp3) is 0.652. The number of carbonyl (C=O) groups is 11. The number of ketones is 6. The molecular formula is C89H162N6O11. The van der Waals surface area contributed by atoms with Crippen LogP contribution in [0.5, 0.6) is 0 Å². The van der Waals surface area contributed by atoms with Gasteiger partial charge in [0.1, 0.15) is 0 Å². The summed E-state index contributed by atoms with van der Waals surface area (Å²) in [6.45, 7) is 94.0. The summed E-state index contributed by atoms with van der Waals surface area (Å²) in [5.74, 6) is 0.557. The number of rotatable bonds is 23. The van der Waals surface area contributed by atoms with Gasteiger partial charge in [-0.05, 0) is 191 Å². The molecule has 106 heavy (non-hydrogen) atoms. The molecule has 0 bridgehead atoms. The van der Waals surface area contributed by atoms with Gasteiger partial charge in [0.2, 0.25) is 29.5 Å². The molecule has 0 saturated heterocycles. The van der Waals surface area contributed by atoms with Gasteiger partial charge in [-0.3, -0.25) is 52.7 Å². The maximum atomic E-state index is 11.5. The van der Waals surface area contributed by atoms with Crippen LogP contribution >= 0.6 is 0 Å². The van der Waals surface area contributed by atoms with Gasteiger partial charge in [0, 0.05) is 86.9 Å². The molecule has 0 aromatic carbocycles. The van der Waals surface area contributed by atoms with E-state index in [0.717, 1.165) is 43.5 Å². The molecule has 5 amide bonds. The minimum absolute atomic E-state index is 0.0140. The Bertz CT molecular complexity index is 2780. The lowest BCUT2D eigenvalue weighted by Crippen LogP contribution is -2.39. The number of allylic oxidation sites excluding steroid dienone is 7. The second kappa shape index (κ2) is 59.7. The molecule has 0 heterocycles. The topological polar surface area (TPSA) is 234 Å². The largest absolute Gasteiger partial charge is 0.352 e. The molecule has 0 aromatic heterocycles. The minimum Gasteiger partial charge on any atom is -0.352 e. The smallest absolute Gasteiger partial charge is 0.246 e. The number of hydrogen-bond acceptors (Lipinski definition) is 12. The Kier molecular flexibility index (Phi) is 67.5. The lowest BCUT2D eigenvalue weighted by Gasteiger charge is -2.25. The Hall–Kier alpha value is -7.27. The maximum absolute atomic E-state index is 11.5. The summed E-state index contributed by atoms with van der Waals surface area (Å²) in [7, 11) is 7.31. The zero-order valence-electron chi connectivity index (χ0n) is 75.2. The summed E-state index contributed by atoms with van der Waals surface area (Å²) < 4.78 is 0. The predicted molar refractivity (Wildman–Crippen MR) is 455 cm³/mol. The van der Waals surface area contributed by atoms with Crippen LogP contribution in [-0.4, -0.2) is 144 Å². The normalized spacial score (nSPS) is 11.0. The average molecular weight is 1490 g/mol. The first-order valence-electron chi connectivity index (χ1n) is 36.6. The highest BCUT2D eigenvalue weighted by Gasteiger charge is 2.24. The molecule has 17 heteroatoms. The van der Waals surface area contributed by atoms with Crippen molar-refractivity contribution in [2.45, 2.75) is 285 Å². The molecule has 17 nitrogen and oxygen atoms in total. The number of likely N-dealkylation sites (N-methyl/N-ethyl adjacent to an activating group) is 3. The van der Waals surface area contributed by atoms with Crippen LogP contribution in [0.3, 0.4) is 0 Å². The van der Waals surface area contributed by atoms with Gasteiger partial charge in [-0.1, -0.05) is 223 Å². The average Bonchev–Trinajstić information content (AvgIpc) is 0.898. The van der Waals surface area contributed by atoms with E-state index in [-0.39, 0.29) is 115 Å². The van der Waals surface area contributed by atoms with E-state index in [2.05, 4.69) is 166 Å². The Morgan fingerprint density at radius 3 is 1.08 bits per heavy atom. The van der Waals surface area contributed by atoms with Gasteiger partial charge in [0.05, 0.1) is 6.54 Å². The number of amides is 5. The van der Waals surface area contributed by atoms with E-state index in [0.29, 0.717) is 36.8 Å². The maximum Gasteiger partial charge on any atom is 0.246 e. The van der Waals surface area contributed by atoms with E-state index in [1.54, 1.807) is 44.1 Å². The summed E-state index contributed by atoms with van der Waals surface area (Å²) in [5, 5.41) is 8.28. The fourth-order valence-electron chi connectivity index (χ4n) is 6.74. The molecule has 0 fully saturated rings. The molecule has 0 atom stereocenters. The number of nitrogens with one attached hydrogen (secondary N) is 3. The molecule has 0 unspecified atom stereocenters. The highest BCUT2D eigenvalue weighted by Crippen LogP contribution is 2.23. The molecule has 0 spiro atoms. The van der Waals surface area contributed by atoms with Crippen LogP contribution < -0.4 is 16.0 Å². The first-order chi connectivity index (χ1) is 47.0. The lowest BCUT2D eigenvalue weighted by atomic mass is 9.89. The molecule has 614 valence electrons. The van der Waals surface area contributed by atoms with Crippen molar-refractivity contribution in [3.05, 3.63) is 124 Å². The van der Waals surface area contributed by atoms with Gasteiger partial charge >= 0.3 is 0 Å². The molecule has 0 aliphatic carbocycles. The quantitative estimate of drug-likeness (QED) is 0.0811. The van der Waals surface area contributed by atoms with Crippen LogP contribution in [-0.2, 0) is 52.7 Å². The summed E-state index contributed by atoms with van der Waals surface area (Å²) in [6, 6.07) is 0. The molecule has 0 aromatic rings. The van der Waals surface area contributed by atoms with Crippen LogP contribution in [0.4, 0.5) is 0 Å². The molecule has 0 radical (unpaired) electrons. The van der Waals surface area contributed by atoms with Gasteiger partial charge in [0.15, 0.2) is 34.7 Å². The highest BCUT2D eigenvalue weighted by molar-refractivity contribution is 5.96. The van der Waals surface area contributed by atoms with E-state index in [1.807, 2.05) is 150 Å². The van der Waals surface area contributed by atoms with E-state index in [1.165, 1.54) is 41.4 Å². The van der Waals surface area contributed by atoms with Gasteiger partial charge in [-0.25, -0.2) is 0 Å². The van der Waals surface area contributed by atoms with Crippen molar-refractivity contribution in [1.82, 2.24) is 30.7 Å². The second-order valence-electron chi connectivity index (χ2n) is 37.2. The van der Waals surface area contributed by atoms with E-state index >= 15 is 0 Å². The predicted octanol–water partition coefficient (Wildman–Crippen LogP) is 19.2. The SMILES string of the molecule is C=C(C)C(=O)C(C)C.C=CC(=O)C(C)(C)C.C=CC(=O)CCCC(C)(C)C.C=CC(=O)N(C)CC(=O)C(C)(C)C.C=CC(=O)N(C)CC(C)(C)C.C=CC(=O)NC(C)(C)C.C=CC(=O)NCC(C)(C)C.CC(C)=CC(=O)CC(C)(C)C.CC(C)=CC(=O)CCC(C)(C)C.CN(C)C/C=C/C(=O)NC(C)(C)C. The van der Waals surface area contributed by atoms with E-state index in [4.69, 9.17) is 0 Å². The van der Waals surface area contributed by atoms with Crippen LogP contribution in [0.15, 0.2) is 124 Å². The molecule has 0 saturated carbocycles. The third-order valence-corrected chi connectivity index (χ3v) is 12.1. The van der Waals surface area contributed by atoms with Crippen molar-refractivity contribution in [3.63, 3.8) is 0 Å². The van der Waals surface area contributed by atoms with Crippen molar-refractivity contribution in [1.29, 1.82) is 0 Å². The molecule has 3 N–H and O–H groups in total. The zero-order valence-corrected chi connectivity index (χ0v) is 75.2. The zero-order chi connectivity index (χ0) is 87.2. The molecular weight excluding hydrogens is 1330 g/mol. The van der Waals surface area contributed by atoms with Crippen LogP contribution in [0.2, 0.25) is 0 Å². The Morgan fingerprint density at radius 1 is 0.425 bits per heavy atom. The number of Topliss-reactive ketones (excluding diaryl/α,β-unsaturated/α-hetero) is 2. The van der Waals surface area contributed by atoms with Crippen molar-refractivity contribution in [2.75, 3.05) is 54.4 Å². The summed E-state index contributed by atoms with van der Waals surface area (Å²) in [6.07, 6.45) is 19.7. The standard InChI is InChI=1S/C11H20O.C10H20N2O.C10H17NO2.2C10H18O.C9H17NO.C8H15NO.C7H13NO.2C7H12O/c1-9(2)8-10(12)6-7-11(3,4)5;1-10(2,3)11-9(13)7-6-8-12(4)5;1-6-9(13)11(5)7-8(12)10(2,3)4;1-8(2)6-9(11)7-10(3,4)5;1-5-9(11)7-6-8-10(2,3)4;1-6-8(11)10(5)7-9(2,3)4;1-5-7(10)9-6-8(2,3)4;1-5-6(9)8-7(2,3)4;1-5-6(8)7(2,3)4;1-5(2)7(8)6(3)4/h8H,6-7H2,1-5H3;6-7H,8H2,1-5H3,(H,11,13);6H,1,7H2,2-5H3;6H,7H2,1-5H3;5H,1,6-8H2,2-4H3;6H,1,7H2,2-5H3;5H,1,6H2,2-4H3,(H,9,10);5H,1H2,2-4H3,(H,8,9);5H,1H2,2-4H3;6H,1H2,2-4H3/b;7-6+;;;;;;;;. The Labute approximate surface area is 651 Å². The van der Waals surface area contributed by atoms with Crippen LogP contribution in [0, 0.1) is 43.8 Å². The summed E-state index contributed by atoms with van der Waals surface area (Å²) >= 11 is 0. The second-order valence-corrected chi connectivity index (χ2v) is 37.2. The minimum atomic E-state index is -0.393.